The quantitative estimate of drug-likeness (QED) is 0.832. The van der Waals surface area contributed by atoms with Gasteiger partial charge in [-0.25, -0.2) is 4.79 Å². The van der Waals surface area contributed by atoms with Crippen molar-refractivity contribution in [3.05, 3.63) is 23.7 Å². The van der Waals surface area contributed by atoms with Crippen LogP contribution >= 0.6 is 0 Å². The average molecular weight is 265 g/mol. The number of hydrogen-bond donors (Lipinski definition) is 1. The zero-order chi connectivity index (χ0) is 13.7. The van der Waals surface area contributed by atoms with E-state index in [0.717, 1.165) is 24.1 Å². The first kappa shape index (κ1) is 14.1. The molecule has 0 bridgehead atoms. The minimum absolute atomic E-state index is 0.269. The highest BCUT2D eigenvalue weighted by molar-refractivity contribution is 5.86. The van der Waals surface area contributed by atoms with E-state index in [1.54, 1.807) is 6.07 Å². The summed E-state index contributed by atoms with van der Waals surface area (Å²) in [6.45, 7) is 4.03. The maximum absolute atomic E-state index is 11.2. The van der Waals surface area contributed by atoms with Crippen LogP contribution in [0.5, 0.6) is 0 Å². The fourth-order valence-corrected chi connectivity index (χ4v) is 2.83. The smallest absolute Gasteiger partial charge is 0.373 e. The first-order valence-corrected chi connectivity index (χ1v) is 7.06. The largest absolute Gasteiger partial charge is 0.463 e. The van der Waals surface area contributed by atoms with Crippen molar-refractivity contribution in [1.29, 1.82) is 0 Å². The molecule has 2 atom stereocenters. The molecule has 0 aromatic carbocycles. The molecule has 0 aliphatic heterocycles. The predicted octanol–water partition coefficient (Wildman–Crippen LogP) is 2.98. The molecule has 0 spiro atoms. The second-order valence-corrected chi connectivity index (χ2v) is 5.53. The Morgan fingerprint density at radius 3 is 3.05 bits per heavy atom. The van der Waals surface area contributed by atoms with Gasteiger partial charge in [-0.15, -0.1) is 0 Å². The van der Waals surface area contributed by atoms with Crippen molar-refractivity contribution < 1.29 is 13.9 Å². The summed E-state index contributed by atoms with van der Waals surface area (Å²) in [5.74, 6) is 2.26. The van der Waals surface area contributed by atoms with Crippen molar-refractivity contribution in [3.63, 3.8) is 0 Å². The Hall–Kier alpha value is -1.29. The van der Waals surface area contributed by atoms with Gasteiger partial charge >= 0.3 is 5.97 Å². The third-order valence-electron chi connectivity index (χ3n) is 3.83. The lowest BCUT2D eigenvalue weighted by Crippen LogP contribution is -2.26. The molecule has 0 saturated heterocycles. The Morgan fingerprint density at radius 2 is 2.32 bits per heavy atom. The lowest BCUT2D eigenvalue weighted by atomic mass is 9.82. The van der Waals surface area contributed by atoms with Crippen molar-refractivity contribution in [2.75, 3.05) is 13.7 Å². The Morgan fingerprint density at radius 1 is 1.47 bits per heavy atom. The van der Waals surface area contributed by atoms with Gasteiger partial charge in [0.2, 0.25) is 5.76 Å². The van der Waals surface area contributed by atoms with Gasteiger partial charge in [0.15, 0.2) is 0 Å². The van der Waals surface area contributed by atoms with Crippen LogP contribution in [0.2, 0.25) is 0 Å². The van der Waals surface area contributed by atoms with E-state index in [4.69, 9.17) is 4.42 Å². The normalized spacial score (nSPS) is 23.3. The van der Waals surface area contributed by atoms with Crippen LogP contribution in [0.15, 0.2) is 16.5 Å². The van der Waals surface area contributed by atoms with Crippen LogP contribution in [0, 0.1) is 11.8 Å². The van der Waals surface area contributed by atoms with Crippen LogP contribution in [-0.4, -0.2) is 19.6 Å². The molecule has 2 unspecified atom stereocenters. The van der Waals surface area contributed by atoms with Gasteiger partial charge in [0.05, 0.1) is 13.7 Å². The standard InChI is InChI=1S/C15H23NO3/c1-11-4-3-5-12(8-11)9-16-10-13-6-7-14(19-13)15(17)18-2/h6-7,11-12,16H,3-5,8-10H2,1-2H3. The van der Waals surface area contributed by atoms with Gasteiger partial charge in [-0.3, -0.25) is 0 Å². The van der Waals surface area contributed by atoms with Gasteiger partial charge in [-0.05, 0) is 43.4 Å². The molecule has 0 amide bonds. The van der Waals surface area contributed by atoms with Crippen molar-refractivity contribution in [2.45, 2.75) is 39.2 Å². The van der Waals surface area contributed by atoms with E-state index >= 15 is 0 Å². The van der Waals surface area contributed by atoms with Crippen LogP contribution in [0.1, 0.15) is 48.9 Å². The lowest BCUT2D eigenvalue weighted by molar-refractivity contribution is 0.0563. The molecule has 4 heteroatoms. The van der Waals surface area contributed by atoms with Gasteiger partial charge in [-0.2, -0.15) is 0 Å². The zero-order valence-corrected chi connectivity index (χ0v) is 11.8. The van der Waals surface area contributed by atoms with Crippen LogP contribution in [0.25, 0.3) is 0 Å². The second kappa shape index (κ2) is 6.75. The Balaban J connectivity index is 1.73. The fraction of sp³-hybridized carbons (Fsp3) is 0.667. The second-order valence-electron chi connectivity index (χ2n) is 5.53. The van der Waals surface area contributed by atoms with Gasteiger partial charge in [0, 0.05) is 0 Å². The van der Waals surface area contributed by atoms with Crippen molar-refractivity contribution >= 4 is 5.97 Å². The first-order chi connectivity index (χ1) is 9.19. The van der Waals surface area contributed by atoms with Crippen molar-refractivity contribution in [2.24, 2.45) is 11.8 Å². The third-order valence-corrected chi connectivity index (χ3v) is 3.83. The number of methoxy groups -OCH3 is 1. The summed E-state index contributed by atoms with van der Waals surface area (Å²) in [5.41, 5.74) is 0. The number of carbonyl (C=O) groups is 1. The van der Waals surface area contributed by atoms with Gasteiger partial charge in [0.25, 0.3) is 0 Å². The lowest BCUT2D eigenvalue weighted by Gasteiger charge is -2.26. The molecule has 2 rings (SSSR count). The first-order valence-electron chi connectivity index (χ1n) is 7.06. The van der Waals surface area contributed by atoms with E-state index in [0.29, 0.717) is 6.54 Å². The van der Waals surface area contributed by atoms with Gasteiger partial charge in [-0.1, -0.05) is 19.8 Å². The Labute approximate surface area is 114 Å². The summed E-state index contributed by atoms with van der Waals surface area (Å²) in [5, 5.41) is 3.42. The highest BCUT2D eigenvalue weighted by Gasteiger charge is 2.18. The predicted molar refractivity (Wildman–Crippen MR) is 72.9 cm³/mol. The summed E-state index contributed by atoms with van der Waals surface area (Å²) in [6.07, 6.45) is 5.36. The minimum atomic E-state index is -0.424. The molecule has 106 valence electrons. The monoisotopic (exact) mass is 265 g/mol. The minimum Gasteiger partial charge on any atom is -0.463 e. The van der Waals surface area contributed by atoms with Crippen LogP contribution in [-0.2, 0) is 11.3 Å². The number of furan rings is 1. The molecule has 1 aliphatic carbocycles. The molecule has 1 aromatic rings. The zero-order valence-electron chi connectivity index (χ0n) is 11.8. The van der Waals surface area contributed by atoms with E-state index in [1.165, 1.54) is 32.8 Å². The number of rotatable bonds is 5. The molecule has 19 heavy (non-hydrogen) atoms. The highest BCUT2D eigenvalue weighted by atomic mass is 16.5. The van der Waals surface area contributed by atoms with Crippen LogP contribution in [0.4, 0.5) is 0 Å². The SMILES string of the molecule is COC(=O)c1ccc(CNCC2CCCC(C)C2)o1. The van der Waals surface area contributed by atoms with Gasteiger partial charge in [0.1, 0.15) is 5.76 Å². The molecule has 0 radical (unpaired) electrons. The maximum atomic E-state index is 11.2. The number of carbonyl (C=O) groups excluding carboxylic acids is 1. The summed E-state index contributed by atoms with van der Waals surface area (Å²) < 4.78 is 10.0. The molecule has 4 nitrogen and oxygen atoms in total. The van der Waals surface area contributed by atoms with Gasteiger partial charge < -0.3 is 14.5 Å². The summed E-state index contributed by atoms with van der Waals surface area (Å²) in [7, 11) is 1.35. The highest BCUT2D eigenvalue weighted by Crippen LogP contribution is 2.27. The average Bonchev–Trinajstić information content (AvgIpc) is 2.87. The molecule has 1 saturated carbocycles. The maximum Gasteiger partial charge on any atom is 0.373 e. The number of esters is 1. The van der Waals surface area contributed by atoms with Crippen molar-refractivity contribution in [3.8, 4) is 0 Å². The Bertz CT molecular complexity index is 413. The third kappa shape index (κ3) is 4.10. The molecule has 1 aromatic heterocycles. The molecule has 1 heterocycles. The van der Waals surface area contributed by atoms with Crippen LogP contribution < -0.4 is 5.32 Å². The molecule has 1 aliphatic rings. The van der Waals surface area contributed by atoms with E-state index in [2.05, 4.69) is 17.0 Å². The Kier molecular flexibility index (Phi) is 5.02. The molecule has 1 fully saturated rings. The number of nitrogens with one attached hydrogen (secondary N) is 1. The number of hydrogen-bond acceptors (Lipinski definition) is 4. The summed E-state index contributed by atoms with van der Waals surface area (Å²) >= 11 is 0. The van der Waals surface area contributed by atoms with E-state index < -0.39 is 5.97 Å². The summed E-state index contributed by atoms with van der Waals surface area (Å²) in [4.78, 5) is 11.2. The molecular weight excluding hydrogens is 242 g/mol. The van der Waals surface area contributed by atoms with E-state index in [9.17, 15) is 4.79 Å². The topological polar surface area (TPSA) is 51.5 Å². The fourth-order valence-electron chi connectivity index (χ4n) is 2.83. The molecular formula is C15H23NO3. The number of ether oxygens (including phenoxy) is 1. The van der Waals surface area contributed by atoms with E-state index in [-0.39, 0.29) is 5.76 Å². The summed E-state index contributed by atoms with van der Waals surface area (Å²) in [6, 6.07) is 3.48. The van der Waals surface area contributed by atoms with E-state index in [1.807, 2.05) is 6.07 Å². The molecule has 1 N–H and O–H groups in total. The van der Waals surface area contributed by atoms with Crippen molar-refractivity contribution in [1.82, 2.24) is 5.32 Å². The van der Waals surface area contributed by atoms with Crippen LogP contribution in [0.3, 0.4) is 0 Å².